The van der Waals surface area contributed by atoms with E-state index in [9.17, 15) is 0 Å². The Labute approximate surface area is 102 Å². The molecular formula is C12H17Cl2N. The number of benzene rings is 1. The number of hydrogen-bond acceptors (Lipinski definition) is 1. The molecule has 0 aliphatic heterocycles. The second-order valence-corrected chi connectivity index (χ2v) is 4.72. The van der Waals surface area contributed by atoms with Gasteiger partial charge in [-0.05, 0) is 50.0 Å². The van der Waals surface area contributed by atoms with Gasteiger partial charge in [0, 0.05) is 10.0 Å². The van der Waals surface area contributed by atoms with Crippen LogP contribution in [0, 0.1) is 5.92 Å². The zero-order chi connectivity index (χ0) is 11.3. The number of rotatable bonds is 5. The molecule has 0 bridgehead atoms. The molecule has 84 valence electrons. The van der Waals surface area contributed by atoms with Gasteiger partial charge in [-0.15, -0.1) is 0 Å². The molecule has 1 atom stereocenters. The molecule has 0 amide bonds. The second kappa shape index (κ2) is 6.37. The zero-order valence-electron chi connectivity index (χ0n) is 9.19. The van der Waals surface area contributed by atoms with Gasteiger partial charge in [0.05, 0.1) is 0 Å². The molecule has 0 heterocycles. The van der Waals surface area contributed by atoms with Crippen molar-refractivity contribution in [3.05, 3.63) is 33.8 Å². The molecule has 3 heteroatoms. The molecule has 0 saturated heterocycles. The van der Waals surface area contributed by atoms with E-state index in [1.165, 1.54) is 0 Å². The molecule has 1 N–H and O–H groups in total. The summed E-state index contributed by atoms with van der Waals surface area (Å²) in [4.78, 5) is 0. The van der Waals surface area contributed by atoms with Gasteiger partial charge in [0.25, 0.3) is 0 Å². The predicted molar refractivity (Wildman–Crippen MR) is 67.9 cm³/mol. The Kier molecular flexibility index (Phi) is 5.44. The maximum atomic E-state index is 6.09. The minimum absolute atomic E-state index is 0.641. The highest BCUT2D eigenvalue weighted by Crippen LogP contribution is 2.26. The van der Waals surface area contributed by atoms with Gasteiger partial charge >= 0.3 is 0 Å². The summed E-state index contributed by atoms with van der Waals surface area (Å²) in [5.41, 5.74) is 1.07. The summed E-state index contributed by atoms with van der Waals surface area (Å²) in [5.74, 6) is 0.641. The highest BCUT2D eigenvalue weighted by molar-refractivity contribution is 6.35. The standard InChI is InChI=1S/C12H17Cl2N/c1-9(8-15-2)6-7-10-11(13)4-3-5-12(10)14/h3-5,9,15H,6-8H2,1-2H3. The lowest BCUT2D eigenvalue weighted by Gasteiger charge is -2.12. The number of halogens is 2. The van der Waals surface area contributed by atoms with Crippen molar-refractivity contribution in [3.8, 4) is 0 Å². The topological polar surface area (TPSA) is 12.0 Å². The van der Waals surface area contributed by atoms with Gasteiger partial charge < -0.3 is 5.32 Å². The molecule has 0 aliphatic carbocycles. The van der Waals surface area contributed by atoms with Crippen LogP contribution in [0.15, 0.2) is 18.2 Å². The summed E-state index contributed by atoms with van der Waals surface area (Å²) in [6.07, 6.45) is 2.05. The Morgan fingerprint density at radius 3 is 2.40 bits per heavy atom. The summed E-state index contributed by atoms with van der Waals surface area (Å²) >= 11 is 12.2. The maximum absolute atomic E-state index is 6.09. The molecule has 1 unspecified atom stereocenters. The fourth-order valence-electron chi connectivity index (χ4n) is 1.61. The van der Waals surface area contributed by atoms with Gasteiger partial charge in [0.2, 0.25) is 0 Å². The lowest BCUT2D eigenvalue weighted by atomic mass is 10.0. The van der Waals surface area contributed by atoms with Crippen LogP contribution >= 0.6 is 23.2 Å². The van der Waals surface area contributed by atoms with Crippen molar-refractivity contribution < 1.29 is 0 Å². The normalized spacial score (nSPS) is 12.8. The maximum Gasteiger partial charge on any atom is 0.0452 e. The van der Waals surface area contributed by atoms with Crippen LogP contribution in [0.5, 0.6) is 0 Å². The summed E-state index contributed by atoms with van der Waals surface area (Å²) in [6, 6.07) is 5.67. The monoisotopic (exact) mass is 245 g/mol. The Bertz CT molecular complexity index is 292. The largest absolute Gasteiger partial charge is 0.319 e. The molecule has 0 radical (unpaired) electrons. The molecule has 1 rings (SSSR count). The fourth-order valence-corrected chi connectivity index (χ4v) is 2.20. The SMILES string of the molecule is CNCC(C)CCc1c(Cl)cccc1Cl. The molecule has 0 saturated carbocycles. The van der Waals surface area contributed by atoms with Crippen molar-refractivity contribution in [1.29, 1.82) is 0 Å². The van der Waals surface area contributed by atoms with E-state index >= 15 is 0 Å². The first-order valence-corrected chi connectivity index (χ1v) is 5.98. The molecule has 0 aromatic heterocycles. The molecule has 0 fully saturated rings. The minimum atomic E-state index is 0.641. The van der Waals surface area contributed by atoms with Gasteiger partial charge in [0.1, 0.15) is 0 Å². The molecule has 0 aliphatic rings. The third-order valence-corrected chi connectivity index (χ3v) is 3.21. The van der Waals surface area contributed by atoms with Crippen LogP contribution in [0.2, 0.25) is 10.0 Å². The van der Waals surface area contributed by atoms with Crippen LogP contribution < -0.4 is 5.32 Å². The average molecular weight is 246 g/mol. The first kappa shape index (κ1) is 12.8. The molecule has 0 spiro atoms. The van der Waals surface area contributed by atoms with Gasteiger partial charge in [0.15, 0.2) is 0 Å². The summed E-state index contributed by atoms with van der Waals surface area (Å²) in [7, 11) is 1.97. The van der Waals surface area contributed by atoms with Crippen molar-refractivity contribution in [3.63, 3.8) is 0 Å². The van der Waals surface area contributed by atoms with Gasteiger partial charge in [-0.25, -0.2) is 0 Å². The molecule has 1 aromatic rings. The number of hydrogen-bond donors (Lipinski definition) is 1. The summed E-state index contributed by atoms with van der Waals surface area (Å²) < 4.78 is 0. The van der Waals surface area contributed by atoms with E-state index in [-0.39, 0.29) is 0 Å². The van der Waals surface area contributed by atoms with Crippen LogP contribution in [-0.2, 0) is 6.42 Å². The van der Waals surface area contributed by atoms with Crippen molar-refractivity contribution in [2.75, 3.05) is 13.6 Å². The first-order valence-electron chi connectivity index (χ1n) is 5.22. The van der Waals surface area contributed by atoms with Crippen LogP contribution in [0.3, 0.4) is 0 Å². The molecule has 1 nitrogen and oxygen atoms in total. The lowest BCUT2D eigenvalue weighted by Crippen LogP contribution is -2.16. The van der Waals surface area contributed by atoms with Gasteiger partial charge in [-0.3, -0.25) is 0 Å². The quantitative estimate of drug-likeness (QED) is 0.833. The number of nitrogens with one attached hydrogen (secondary N) is 1. The van der Waals surface area contributed by atoms with E-state index in [0.717, 1.165) is 35.0 Å². The van der Waals surface area contributed by atoms with E-state index in [0.29, 0.717) is 5.92 Å². The van der Waals surface area contributed by atoms with E-state index in [1.54, 1.807) is 0 Å². The Hall–Kier alpha value is -0.240. The molecule has 1 aromatic carbocycles. The van der Waals surface area contributed by atoms with Crippen LogP contribution in [-0.4, -0.2) is 13.6 Å². The highest BCUT2D eigenvalue weighted by Gasteiger charge is 2.07. The van der Waals surface area contributed by atoms with Crippen molar-refractivity contribution in [1.82, 2.24) is 5.32 Å². The third-order valence-electron chi connectivity index (χ3n) is 2.50. The summed E-state index contributed by atoms with van der Waals surface area (Å²) in [5, 5.41) is 4.72. The van der Waals surface area contributed by atoms with Crippen LogP contribution in [0.1, 0.15) is 18.9 Å². The smallest absolute Gasteiger partial charge is 0.0452 e. The Morgan fingerprint density at radius 1 is 1.27 bits per heavy atom. The predicted octanol–water partition coefficient (Wildman–Crippen LogP) is 3.78. The van der Waals surface area contributed by atoms with E-state index < -0.39 is 0 Å². The first-order chi connectivity index (χ1) is 7.15. The van der Waals surface area contributed by atoms with E-state index in [4.69, 9.17) is 23.2 Å². The lowest BCUT2D eigenvalue weighted by molar-refractivity contribution is 0.505. The van der Waals surface area contributed by atoms with Gasteiger partial charge in [-0.2, -0.15) is 0 Å². The van der Waals surface area contributed by atoms with Crippen LogP contribution in [0.25, 0.3) is 0 Å². The van der Waals surface area contributed by atoms with E-state index in [2.05, 4.69) is 12.2 Å². The fraction of sp³-hybridized carbons (Fsp3) is 0.500. The minimum Gasteiger partial charge on any atom is -0.319 e. The van der Waals surface area contributed by atoms with Crippen LogP contribution in [0.4, 0.5) is 0 Å². The Balaban J connectivity index is 2.57. The third kappa shape index (κ3) is 4.02. The Morgan fingerprint density at radius 2 is 1.87 bits per heavy atom. The van der Waals surface area contributed by atoms with Gasteiger partial charge in [-0.1, -0.05) is 36.2 Å². The second-order valence-electron chi connectivity index (χ2n) is 3.90. The van der Waals surface area contributed by atoms with Crippen molar-refractivity contribution in [2.24, 2.45) is 5.92 Å². The van der Waals surface area contributed by atoms with Crippen molar-refractivity contribution in [2.45, 2.75) is 19.8 Å². The molecule has 15 heavy (non-hydrogen) atoms. The average Bonchev–Trinajstić information content (AvgIpc) is 2.17. The highest BCUT2D eigenvalue weighted by atomic mass is 35.5. The van der Waals surface area contributed by atoms with Crippen molar-refractivity contribution >= 4 is 23.2 Å². The zero-order valence-corrected chi connectivity index (χ0v) is 10.7. The summed E-state index contributed by atoms with van der Waals surface area (Å²) in [6.45, 7) is 3.25. The molecular weight excluding hydrogens is 229 g/mol. The van der Waals surface area contributed by atoms with E-state index in [1.807, 2.05) is 25.2 Å².